The van der Waals surface area contributed by atoms with Crippen LogP contribution in [0.25, 0.3) is 0 Å². The molecule has 34 heavy (non-hydrogen) atoms. The molecule has 0 saturated heterocycles. The number of aliphatic hydroxyl groups excluding tert-OH is 1. The van der Waals surface area contributed by atoms with Crippen molar-refractivity contribution in [3.05, 3.63) is 59.4 Å². The van der Waals surface area contributed by atoms with Crippen LogP contribution in [0.1, 0.15) is 12.0 Å². The topological polar surface area (TPSA) is 96.9 Å². The lowest BCUT2D eigenvalue weighted by molar-refractivity contribution is -0.140. The number of hydrogen-bond donors (Lipinski definition) is 3. The van der Waals surface area contributed by atoms with E-state index in [0.717, 1.165) is 24.3 Å². The second-order valence-electron chi connectivity index (χ2n) is 6.89. The van der Waals surface area contributed by atoms with Gasteiger partial charge in [0.2, 0.25) is 0 Å². The summed E-state index contributed by atoms with van der Waals surface area (Å²) in [6.45, 7) is -1.38. The molecule has 0 bridgehead atoms. The predicted octanol–water partition coefficient (Wildman–Crippen LogP) is 2.56. The maximum atomic E-state index is 13.2. The number of rotatable bonds is 11. The predicted molar refractivity (Wildman–Crippen MR) is 105 cm³/mol. The molecule has 0 fully saturated rings. The number of hydrogen-bond acceptors (Lipinski definition) is 5. The monoisotopic (exact) mass is 494 g/mol. The molecule has 13 heteroatoms. The molecule has 0 spiro atoms. The molecule has 2 amide bonds. The molecule has 186 valence electrons. The fourth-order valence-corrected chi connectivity index (χ4v) is 2.49. The van der Waals surface area contributed by atoms with Crippen molar-refractivity contribution in [2.45, 2.75) is 18.7 Å². The van der Waals surface area contributed by atoms with Gasteiger partial charge in [-0.05, 0) is 36.8 Å². The molecule has 0 unspecified atom stereocenters. The van der Waals surface area contributed by atoms with Gasteiger partial charge in [-0.1, -0.05) is 0 Å². The minimum Gasteiger partial charge on any atom is -0.484 e. The minimum absolute atomic E-state index is 0.0187. The van der Waals surface area contributed by atoms with Crippen LogP contribution in [0, 0.1) is 17.5 Å². The Labute approximate surface area is 189 Å². The van der Waals surface area contributed by atoms with Crippen molar-refractivity contribution in [3.8, 4) is 11.5 Å². The third-order valence-corrected chi connectivity index (χ3v) is 4.21. The van der Waals surface area contributed by atoms with E-state index >= 15 is 0 Å². The van der Waals surface area contributed by atoms with Crippen molar-refractivity contribution in [2.24, 2.45) is 0 Å². The van der Waals surface area contributed by atoms with Crippen LogP contribution < -0.4 is 20.1 Å². The Morgan fingerprint density at radius 3 is 2.00 bits per heavy atom. The van der Waals surface area contributed by atoms with Gasteiger partial charge in [0.15, 0.2) is 24.8 Å². The summed E-state index contributed by atoms with van der Waals surface area (Å²) in [5, 5.41) is 14.5. The third kappa shape index (κ3) is 8.81. The van der Waals surface area contributed by atoms with E-state index in [4.69, 9.17) is 9.47 Å². The van der Waals surface area contributed by atoms with Crippen molar-refractivity contribution in [1.29, 1.82) is 0 Å². The second kappa shape index (κ2) is 12.1. The molecular weight excluding hydrogens is 474 g/mol. The highest BCUT2D eigenvalue weighted by molar-refractivity contribution is 5.78. The van der Waals surface area contributed by atoms with Gasteiger partial charge >= 0.3 is 6.18 Å². The maximum absolute atomic E-state index is 13.2. The summed E-state index contributed by atoms with van der Waals surface area (Å²) in [7, 11) is 0. The molecule has 0 aliphatic carbocycles. The Bertz CT molecular complexity index is 1000. The summed E-state index contributed by atoms with van der Waals surface area (Å²) in [6.07, 6.45) is -5.95. The van der Waals surface area contributed by atoms with Crippen LogP contribution in [0.4, 0.5) is 26.3 Å². The summed E-state index contributed by atoms with van der Waals surface area (Å²) in [5.41, 5.74) is -1.52. The van der Waals surface area contributed by atoms with E-state index in [-0.39, 0.29) is 31.0 Å². The molecule has 2 aromatic rings. The van der Waals surface area contributed by atoms with Gasteiger partial charge in [0.05, 0.1) is 11.7 Å². The van der Waals surface area contributed by atoms with E-state index in [9.17, 15) is 41.0 Å². The number of alkyl halides is 3. The van der Waals surface area contributed by atoms with Gasteiger partial charge in [-0.2, -0.15) is 13.2 Å². The van der Waals surface area contributed by atoms with E-state index < -0.39 is 60.3 Å². The molecule has 2 aromatic carbocycles. The van der Waals surface area contributed by atoms with Crippen LogP contribution in [-0.2, 0) is 15.8 Å². The van der Waals surface area contributed by atoms with Crippen molar-refractivity contribution < 1.29 is 50.5 Å². The molecule has 0 radical (unpaired) electrons. The molecule has 7 nitrogen and oxygen atoms in total. The van der Waals surface area contributed by atoms with Gasteiger partial charge in [0, 0.05) is 19.2 Å². The molecule has 2 rings (SSSR count). The highest BCUT2D eigenvalue weighted by Crippen LogP contribution is 2.33. The molecular formula is C21H20F6N2O5. The van der Waals surface area contributed by atoms with Gasteiger partial charge in [0.1, 0.15) is 17.3 Å². The summed E-state index contributed by atoms with van der Waals surface area (Å²) in [4.78, 5) is 23.4. The van der Waals surface area contributed by atoms with E-state index in [1.54, 1.807) is 0 Å². The Hall–Kier alpha value is -3.48. The Balaban J connectivity index is 1.63. The van der Waals surface area contributed by atoms with Gasteiger partial charge in [-0.3, -0.25) is 9.59 Å². The Morgan fingerprint density at radius 2 is 1.41 bits per heavy atom. The molecule has 0 aromatic heterocycles. The van der Waals surface area contributed by atoms with Crippen molar-refractivity contribution in [2.75, 3.05) is 26.3 Å². The zero-order valence-electron chi connectivity index (χ0n) is 17.4. The number of amides is 2. The Kier molecular flexibility index (Phi) is 9.54. The first kappa shape index (κ1) is 26.8. The SMILES string of the molecule is O=C(COc1ccc(F)c(C(F)(F)F)c1)NCC[C@H](O)CNC(=O)COc1ccc(F)c(F)c1. The molecule has 0 saturated carbocycles. The van der Waals surface area contributed by atoms with Gasteiger partial charge < -0.3 is 25.2 Å². The number of carbonyl (C=O) groups excluding carboxylic acids is 2. The lowest BCUT2D eigenvalue weighted by Gasteiger charge is -2.14. The van der Waals surface area contributed by atoms with Crippen molar-refractivity contribution >= 4 is 11.8 Å². The van der Waals surface area contributed by atoms with Crippen LogP contribution in [0.3, 0.4) is 0 Å². The first-order valence-electron chi connectivity index (χ1n) is 9.74. The largest absolute Gasteiger partial charge is 0.484 e. The second-order valence-corrected chi connectivity index (χ2v) is 6.89. The van der Waals surface area contributed by atoms with Crippen LogP contribution in [0.5, 0.6) is 11.5 Å². The fraction of sp³-hybridized carbons (Fsp3) is 0.333. The summed E-state index contributed by atoms with van der Waals surface area (Å²) < 4.78 is 87.0. The smallest absolute Gasteiger partial charge is 0.419 e. The number of nitrogens with one attached hydrogen (secondary N) is 2. The number of ether oxygens (including phenoxy) is 2. The summed E-state index contributed by atoms with van der Waals surface area (Å²) in [6, 6.07) is 4.70. The van der Waals surface area contributed by atoms with Crippen LogP contribution >= 0.6 is 0 Å². The quantitative estimate of drug-likeness (QED) is 0.418. The number of aliphatic hydroxyl groups is 1. The molecule has 0 aliphatic heterocycles. The van der Waals surface area contributed by atoms with E-state index in [0.29, 0.717) is 12.1 Å². The first-order valence-corrected chi connectivity index (χ1v) is 9.74. The van der Waals surface area contributed by atoms with Gasteiger partial charge in [-0.15, -0.1) is 0 Å². The standard InChI is InChI=1S/C21H20F6N2O5/c22-16-3-1-13(7-15(16)21(25,26)27)33-10-19(31)28-6-5-12(30)9-29-20(32)11-34-14-2-4-17(23)18(24)8-14/h1-4,7-8,12,30H,5-6,9-11H2,(H,28,31)(H,29,32)/t12-/m0/s1. The number of halogens is 6. The minimum atomic E-state index is -4.91. The van der Waals surface area contributed by atoms with Gasteiger partial charge in [0.25, 0.3) is 11.8 Å². The van der Waals surface area contributed by atoms with Crippen molar-refractivity contribution in [1.82, 2.24) is 10.6 Å². The van der Waals surface area contributed by atoms with E-state index in [1.165, 1.54) is 0 Å². The Morgan fingerprint density at radius 1 is 0.853 bits per heavy atom. The zero-order valence-corrected chi connectivity index (χ0v) is 17.4. The van der Waals surface area contributed by atoms with Gasteiger partial charge in [-0.25, -0.2) is 13.2 Å². The van der Waals surface area contributed by atoms with E-state index in [1.807, 2.05) is 0 Å². The highest BCUT2D eigenvalue weighted by atomic mass is 19.4. The molecule has 0 aliphatic rings. The summed E-state index contributed by atoms with van der Waals surface area (Å²) >= 11 is 0. The van der Waals surface area contributed by atoms with E-state index in [2.05, 4.69) is 10.6 Å². The maximum Gasteiger partial charge on any atom is 0.419 e. The van der Waals surface area contributed by atoms with Crippen LogP contribution in [0.2, 0.25) is 0 Å². The van der Waals surface area contributed by atoms with Crippen LogP contribution in [0.15, 0.2) is 36.4 Å². The number of benzene rings is 2. The lowest BCUT2D eigenvalue weighted by Crippen LogP contribution is -2.37. The lowest BCUT2D eigenvalue weighted by atomic mass is 10.2. The molecule has 3 N–H and O–H groups in total. The third-order valence-electron chi connectivity index (χ3n) is 4.21. The number of carbonyl (C=O) groups is 2. The normalized spacial score (nSPS) is 12.1. The first-order chi connectivity index (χ1) is 16.0. The average Bonchev–Trinajstić information content (AvgIpc) is 2.77. The molecule has 0 heterocycles. The van der Waals surface area contributed by atoms with Crippen molar-refractivity contribution in [3.63, 3.8) is 0 Å². The fourth-order valence-electron chi connectivity index (χ4n) is 2.49. The summed E-state index contributed by atoms with van der Waals surface area (Å²) in [5.74, 6) is -5.42. The highest BCUT2D eigenvalue weighted by Gasteiger charge is 2.34. The average molecular weight is 494 g/mol. The zero-order chi connectivity index (χ0) is 25.3. The molecule has 1 atom stereocenters. The van der Waals surface area contributed by atoms with Crippen LogP contribution in [-0.4, -0.2) is 49.3 Å².